The summed E-state index contributed by atoms with van der Waals surface area (Å²) in [7, 11) is 0. The van der Waals surface area contributed by atoms with Gasteiger partial charge in [0.25, 0.3) is 0 Å². The molecule has 3 unspecified atom stereocenters. The maximum absolute atomic E-state index is 12.0. The fourth-order valence-corrected chi connectivity index (χ4v) is 2.14. The number of amides is 3. The van der Waals surface area contributed by atoms with E-state index in [1.807, 2.05) is 0 Å². The van der Waals surface area contributed by atoms with Gasteiger partial charge in [-0.2, -0.15) is 0 Å². The van der Waals surface area contributed by atoms with E-state index >= 15 is 0 Å². The molecule has 0 spiro atoms. The van der Waals surface area contributed by atoms with Crippen molar-refractivity contribution in [2.24, 2.45) is 5.73 Å². The molecule has 0 saturated carbocycles. The molecule has 0 aromatic heterocycles. The predicted molar refractivity (Wildman–Crippen MR) is 96.8 cm³/mol. The van der Waals surface area contributed by atoms with Crippen molar-refractivity contribution in [1.82, 2.24) is 16.0 Å². The van der Waals surface area contributed by atoms with Crippen molar-refractivity contribution in [1.29, 1.82) is 0 Å². The van der Waals surface area contributed by atoms with Crippen LogP contribution in [-0.2, 0) is 25.6 Å². The van der Waals surface area contributed by atoms with Crippen LogP contribution in [0.3, 0.4) is 0 Å². The second kappa shape index (κ2) is 11.6. The number of hydrogen-bond acceptors (Lipinski definition) is 7. The molecule has 0 heterocycles. The number of aliphatic carboxylic acids is 1. The molecule has 11 heteroatoms. The van der Waals surface area contributed by atoms with Crippen molar-refractivity contribution in [2.45, 2.75) is 24.5 Å². The summed E-state index contributed by atoms with van der Waals surface area (Å²) in [6.45, 7) is -1.97. The Morgan fingerprint density at radius 3 is 2.11 bits per heavy atom. The van der Waals surface area contributed by atoms with Crippen molar-refractivity contribution in [3.8, 4) is 0 Å². The summed E-state index contributed by atoms with van der Waals surface area (Å²) in [5.74, 6) is -3.71. The molecule has 0 aliphatic rings. The van der Waals surface area contributed by atoms with Gasteiger partial charge in [-0.1, -0.05) is 30.3 Å². The van der Waals surface area contributed by atoms with Gasteiger partial charge < -0.3 is 37.0 Å². The van der Waals surface area contributed by atoms with Gasteiger partial charge in [-0.3, -0.25) is 14.4 Å². The number of carboxylic acid groups (broad SMARTS) is 1. The third-order valence-electron chi connectivity index (χ3n) is 3.69. The average molecular weight is 396 g/mol. The number of nitrogens with two attached hydrogens (primary N) is 1. The van der Waals surface area contributed by atoms with Gasteiger partial charge in [0, 0.05) is 6.42 Å². The standard InChI is InChI=1S/C17H24N4O7/c18-11(8-22)15(25)21-13(9-23)16(26)19-7-14(24)20-12(17(27)28)6-10-4-2-1-3-5-10/h1-5,11-13,22-23H,6-9,18H2,(H,19,26)(H,20,24)(H,21,25)(H,27,28). The van der Waals surface area contributed by atoms with Crippen LogP contribution in [0.2, 0.25) is 0 Å². The van der Waals surface area contributed by atoms with Crippen LogP contribution >= 0.6 is 0 Å². The van der Waals surface area contributed by atoms with Crippen LogP contribution in [0.4, 0.5) is 0 Å². The Morgan fingerprint density at radius 2 is 1.57 bits per heavy atom. The van der Waals surface area contributed by atoms with E-state index in [-0.39, 0.29) is 6.42 Å². The van der Waals surface area contributed by atoms with E-state index < -0.39 is 61.6 Å². The highest BCUT2D eigenvalue weighted by molar-refractivity contribution is 5.92. The van der Waals surface area contributed by atoms with E-state index in [0.29, 0.717) is 5.56 Å². The van der Waals surface area contributed by atoms with E-state index in [9.17, 15) is 29.4 Å². The Hall–Kier alpha value is -3.02. The van der Waals surface area contributed by atoms with Crippen LogP contribution in [0.25, 0.3) is 0 Å². The topological polar surface area (TPSA) is 191 Å². The highest BCUT2D eigenvalue weighted by Crippen LogP contribution is 2.03. The Bertz CT molecular complexity index is 683. The lowest BCUT2D eigenvalue weighted by Crippen LogP contribution is -2.55. The van der Waals surface area contributed by atoms with Gasteiger partial charge in [-0.05, 0) is 5.56 Å². The molecule has 8 N–H and O–H groups in total. The number of benzene rings is 1. The molecule has 11 nitrogen and oxygen atoms in total. The van der Waals surface area contributed by atoms with Gasteiger partial charge in [0.15, 0.2) is 0 Å². The number of rotatable bonds is 11. The first-order valence-electron chi connectivity index (χ1n) is 8.40. The van der Waals surface area contributed by atoms with E-state index in [1.165, 1.54) is 0 Å². The molecule has 0 saturated heterocycles. The second-order valence-corrected chi connectivity index (χ2v) is 5.90. The summed E-state index contributed by atoms with van der Waals surface area (Å²) < 4.78 is 0. The lowest BCUT2D eigenvalue weighted by atomic mass is 10.1. The minimum atomic E-state index is -1.38. The molecule has 3 amide bonds. The van der Waals surface area contributed by atoms with Gasteiger partial charge in [-0.15, -0.1) is 0 Å². The molecular formula is C17H24N4O7. The van der Waals surface area contributed by atoms with Crippen molar-refractivity contribution < 1.29 is 34.5 Å². The van der Waals surface area contributed by atoms with Gasteiger partial charge >= 0.3 is 5.97 Å². The van der Waals surface area contributed by atoms with Crippen LogP contribution in [0.1, 0.15) is 5.56 Å². The third-order valence-corrected chi connectivity index (χ3v) is 3.69. The van der Waals surface area contributed by atoms with Crippen LogP contribution in [0, 0.1) is 0 Å². The van der Waals surface area contributed by atoms with E-state index in [1.54, 1.807) is 30.3 Å². The van der Waals surface area contributed by atoms with E-state index in [2.05, 4.69) is 16.0 Å². The monoisotopic (exact) mass is 396 g/mol. The number of carbonyl (C=O) groups excluding carboxylic acids is 3. The molecule has 1 aromatic rings. The van der Waals surface area contributed by atoms with Crippen LogP contribution in [0.5, 0.6) is 0 Å². The first kappa shape index (κ1) is 23.0. The summed E-state index contributed by atoms with van der Waals surface area (Å²) in [4.78, 5) is 46.8. The molecule has 28 heavy (non-hydrogen) atoms. The average Bonchev–Trinajstić information content (AvgIpc) is 2.69. The Labute approximate surface area is 160 Å². The van der Waals surface area contributed by atoms with Crippen molar-refractivity contribution in [2.75, 3.05) is 19.8 Å². The normalized spacial score (nSPS) is 13.7. The first-order valence-corrected chi connectivity index (χ1v) is 8.40. The first-order chi connectivity index (χ1) is 13.3. The molecule has 0 bridgehead atoms. The van der Waals surface area contributed by atoms with Crippen LogP contribution < -0.4 is 21.7 Å². The molecule has 1 rings (SSSR count). The fourth-order valence-electron chi connectivity index (χ4n) is 2.14. The number of hydrogen-bond donors (Lipinski definition) is 7. The molecular weight excluding hydrogens is 372 g/mol. The van der Waals surface area contributed by atoms with Crippen LogP contribution in [0.15, 0.2) is 30.3 Å². The quantitative estimate of drug-likeness (QED) is 0.202. The summed E-state index contributed by atoms with van der Waals surface area (Å²) in [6, 6.07) is 4.85. The molecule has 154 valence electrons. The zero-order chi connectivity index (χ0) is 21.1. The van der Waals surface area contributed by atoms with Crippen LogP contribution in [-0.4, -0.2) is 76.9 Å². The SMILES string of the molecule is NC(CO)C(=O)NC(CO)C(=O)NCC(=O)NC(Cc1ccccc1)C(=O)O. The van der Waals surface area contributed by atoms with E-state index in [0.717, 1.165) is 0 Å². The highest BCUT2D eigenvalue weighted by atomic mass is 16.4. The predicted octanol–water partition coefficient (Wildman–Crippen LogP) is -3.29. The smallest absolute Gasteiger partial charge is 0.326 e. The molecule has 1 aromatic carbocycles. The molecule has 0 fully saturated rings. The van der Waals surface area contributed by atoms with Gasteiger partial charge in [0.05, 0.1) is 19.8 Å². The van der Waals surface area contributed by atoms with E-state index in [4.69, 9.17) is 10.8 Å². The van der Waals surface area contributed by atoms with Crippen molar-refractivity contribution >= 4 is 23.7 Å². The third kappa shape index (κ3) is 7.70. The number of aliphatic hydroxyl groups excluding tert-OH is 2. The summed E-state index contributed by atoms with van der Waals surface area (Å²) >= 11 is 0. The van der Waals surface area contributed by atoms with Gasteiger partial charge in [-0.25, -0.2) is 4.79 Å². The Kier molecular flexibility index (Phi) is 9.57. The second-order valence-electron chi connectivity index (χ2n) is 5.90. The zero-order valence-corrected chi connectivity index (χ0v) is 15.0. The number of carboxylic acids is 1. The number of nitrogens with one attached hydrogen (secondary N) is 3. The maximum atomic E-state index is 12.0. The lowest BCUT2D eigenvalue weighted by Gasteiger charge is -2.19. The maximum Gasteiger partial charge on any atom is 0.326 e. The Balaban J connectivity index is 2.55. The Morgan fingerprint density at radius 1 is 0.929 bits per heavy atom. The van der Waals surface area contributed by atoms with Gasteiger partial charge in [0.2, 0.25) is 17.7 Å². The zero-order valence-electron chi connectivity index (χ0n) is 15.0. The summed E-state index contributed by atoms with van der Waals surface area (Å²) in [5, 5.41) is 33.8. The summed E-state index contributed by atoms with van der Waals surface area (Å²) in [5.41, 5.74) is 6.00. The molecule has 0 aliphatic carbocycles. The minimum Gasteiger partial charge on any atom is -0.480 e. The van der Waals surface area contributed by atoms with Crippen molar-refractivity contribution in [3.63, 3.8) is 0 Å². The van der Waals surface area contributed by atoms with Crippen molar-refractivity contribution in [3.05, 3.63) is 35.9 Å². The molecule has 3 atom stereocenters. The highest BCUT2D eigenvalue weighted by Gasteiger charge is 2.24. The number of aliphatic hydroxyl groups is 2. The summed E-state index contributed by atoms with van der Waals surface area (Å²) in [6.07, 6.45) is 0.0598. The molecule has 0 aliphatic heterocycles. The number of carbonyl (C=O) groups is 4. The van der Waals surface area contributed by atoms with Gasteiger partial charge in [0.1, 0.15) is 18.1 Å². The fraction of sp³-hybridized carbons (Fsp3) is 0.412. The molecule has 0 radical (unpaired) electrons. The largest absolute Gasteiger partial charge is 0.480 e. The minimum absolute atomic E-state index is 0.0598. The lowest BCUT2D eigenvalue weighted by molar-refractivity contribution is -0.141.